The molecule has 9 N–H and O–H groups in total. The Morgan fingerprint density at radius 2 is 2.00 bits per heavy atom. The van der Waals surface area contributed by atoms with E-state index in [1.54, 1.807) is 12.1 Å². The normalized spacial score (nSPS) is 13.1. The molecule has 0 saturated carbocycles. The fourth-order valence-corrected chi connectivity index (χ4v) is 3.73. The minimum absolute atomic E-state index is 0.00533. The van der Waals surface area contributed by atoms with Crippen LogP contribution in [0.25, 0.3) is 5.70 Å². The molecule has 0 saturated heterocycles. The number of carbonyl (C=O) groups is 1. The Bertz CT molecular complexity index is 1170. The van der Waals surface area contributed by atoms with Gasteiger partial charge in [0.1, 0.15) is 30.0 Å². The first-order valence-corrected chi connectivity index (χ1v) is 13.3. The molecule has 1 heterocycles. The predicted octanol–water partition coefficient (Wildman–Crippen LogP) is 2.04. The van der Waals surface area contributed by atoms with Gasteiger partial charge in [-0.1, -0.05) is 18.5 Å². The maximum atomic E-state index is 14.4. The molecular weight excluding hydrogens is 541 g/mol. The van der Waals surface area contributed by atoms with Crippen LogP contribution in [0, 0.1) is 5.82 Å². The SMILES string of the molecule is CCCN(CCNC)CCC(=O)Nc1cc(NC(/C=C(\N)c2cc(Cl)ccc2F)=C(/N)OCC(O)CO)ccn1. The lowest BCUT2D eigenvalue weighted by Crippen LogP contribution is -2.34. The summed E-state index contributed by atoms with van der Waals surface area (Å²) in [6.45, 7) is 4.47. The van der Waals surface area contributed by atoms with Crippen LogP contribution in [0.1, 0.15) is 25.3 Å². The number of allylic oxidation sites excluding steroid dienone is 1. The maximum Gasteiger partial charge on any atom is 0.226 e. The van der Waals surface area contributed by atoms with Crippen molar-refractivity contribution in [1.29, 1.82) is 0 Å². The van der Waals surface area contributed by atoms with Gasteiger partial charge in [-0.2, -0.15) is 0 Å². The number of hydrogen-bond acceptors (Lipinski definition) is 10. The molecule has 0 bridgehead atoms. The number of amides is 1. The highest BCUT2D eigenvalue weighted by Crippen LogP contribution is 2.22. The molecule has 1 aromatic heterocycles. The Hall–Kier alpha value is -3.42. The molecule has 1 aromatic carbocycles. The van der Waals surface area contributed by atoms with Crippen molar-refractivity contribution in [3.05, 3.63) is 70.6 Å². The van der Waals surface area contributed by atoms with Gasteiger partial charge in [-0.15, -0.1) is 0 Å². The van der Waals surface area contributed by atoms with Gasteiger partial charge in [-0.25, -0.2) is 9.37 Å². The largest absolute Gasteiger partial charge is 0.475 e. The van der Waals surface area contributed by atoms with Crippen LogP contribution in [0.2, 0.25) is 5.02 Å². The van der Waals surface area contributed by atoms with E-state index < -0.39 is 18.5 Å². The molecule has 0 radical (unpaired) electrons. The number of nitrogens with two attached hydrogens (primary N) is 2. The van der Waals surface area contributed by atoms with Crippen molar-refractivity contribution in [2.75, 3.05) is 57.1 Å². The number of benzene rings is 1. The van der Waals surface area contributed by atoms with Gasteiger partial charge in [0.25, 0.3) is 0 Å². The lowest BCUT2D eigenvalue weighted by atomic mass is 10.1. The van der Waals surface area contributed by atoms with Gasteiger partial charge in [0.15, 0.2) is 0 Å². The van der Waals surface area contributed by atoms with Crippen LogP contribution < -0.4 is 27.4 Å². The van der Waals surface area contributed by atoms with E-state index in [0.29, 0.717) is 24.5 Å². The van der Waals surface area contributed by atoms with E-state index >= 15 is 0 Å². The third-order valence-corrected chi connectivity index (χ3v) is 5.86. The summed E-state index contributed by atoms with van der Waals surface area (Å²) in [7, 11) is 1.89. The molecule has 1 atom stereocenters. The zero-order valence-corrected chi connectivity index (χ0v) is 23.5. The highest BCUT2D eigenvalue weighted by molar-refractivity contribution is 6.30. The molecule has 220 valence electrons. The van der Waals surface area contributed by atoms with Crippen molar-refractivity contribution in [2.24, 2.45) is 11.5 Å². The summed E-state index contributed by atoms with van der Waals surface area (Å²) < 4.78 is 19.8. The monoisotopic (exact) mass is 579 g/mol. The van der Waals surface area contributed by atoms with Crippen molar-refractivity contribution in [3.8, 4) is 0 Å². The number of aromatic nitrogens is 1. The molecule has 0 aliphatic rings. The lowest BCUT2D eigenvalue weighted by Gasteiger charge is -2.21. The molecule has 11 nitrogen and oxygen atoms in total. The molecule has 13 heteroatoms. The van der Waals surface area contributed by atoms with E-state index in [1.165, 1.54) is 30.5 Å². The number of pyridine rings is 1. The third kappa shape index (κ3) is 11.4. The lowest BCUT2D eigenvalue weighted by molar-refractivity contribution is -0.116. The van der Waals surface area contributed by atoms with Crippen LogP contribution in [-0.4, -0.2) is 78.5 Å². The van der Waals surface area contributed by atoms with Crippen LogP contribution in [0.5, 0.6) is 0 Å². The second-order valence-corrected chi connectivity index (χ2v) is 9.38. The summed E-state index contributed by atoms with van der Waals surface area (Å²) in [5.41, 5.74) is 12.9. The van der Waals surface area contributed by atoms with E-state index in [2.05, 4.69) is 32.8 Å². The Morgan fingerprint density at radius 3 is 2.70 bits per heavy atom. The molecule has 0 aliphatic carbocycles. The van der Waals surface area contributed by atoms with Crippen LogP contribution in [-0.2, 0) is 9.53 Å². The Labute approximate surface area is 239 Å². The molecule has 2 aromatic rings. The van der Waals surface area contributed by atoms with Crippen LogP contribution in [0.15, 0.2) is 54.2 Å². The van der Waals surface area contributed by atoms with Gasteiger partial charge in [0.2, 0.25) is 11.8 Å². The number of aliphatic hydroxyl groups is 2. The average molecular weight is 580 g/mol. The Balaban J connectivity index is 2.22. The van der Waals surface area contributed by atoms with Gasteiger partial charge in [-0.3, -0.25) is 4.79 Å². The predicted molar refractivity (Wildman–Crippen MR) is 156 cm³/mol. The summed E-state index contributed by atoms with van der Waals surface area (Å²) in [5.74, 6) is -0.657. The Morgan fingerprint density at radius 1 is 1.23 bits per heavy atom. The van der Waals surface area contributed by atoms with Crippen molar-refractivity contribution < 1.29 is 24.1 Å². The van der Waals surface area contributed by atoms with Gasteiger partial charge in [0.05, 0.1) is 6.61 Å². The smallest absolute Gasteiger partial charge is 0.226 e. The average Bonchev–Trinajstić information content (AvgIpc) is 2.94. The first-order valence-electron chi connectivity index (χ1n) is 12.9. The Kier molecular flexibility index (Phi) is 14.2. The first-order chi connectivity index (χ1) is 19.2. The number of ether oxygens (including phenoxy) is 1. The minimum Gasteiger partial charge on any atom is -0.475 e. The van der Waals surface area contributed by atoms with Crippen molar-refractivity contribution in [1.82, 2.24) is 15.2 Å². The zero-order valence-electron chi connectivity index (χ0n) is 22.8. The standard InChI is InChI=1S/C27H39ClFN7O4/c1-3-10-36(12-9-32-2)11-7-26(39)35-25-14-19(6-8-33-25)34-24(27(31)40-17-20(38)16-37)15-23(30)21-13-18(28)4-5-22(21)29/h4-6,8,13-15,20,32,37-38H,3,7,9-12,16-17,30-31H2,1-2H3,(H2,33,34,35,39)/b23-15-,27-24-. The molecule has 1 amide bonds. The summed E-state index contributed by atoms with van der Waals surface area (Å²) in [5, 5.41) is 27.9. The fourth-order valence-electron chi connectivity index (χ4n) is 3.56. The van der Waals surface area contributed by atoms with E-state index in [-0.39, 0.29) is 40.4 Å². The van der Waals surface area contributed by atoms with Crippen molar-refractivity contribution in [3.63, 3.8) is 0 Å². The summed E-state index contributed by atoms with van der Waals surface area (Å²) in [6, 6.07) is 7.16. The molecule has 40 heavy (non-hydrogen) atoms. The number of hydrogen-bond donors (Lipinski definition) is 7. The van der Waals surface area contributed by atoms with Crippen molar-refractivity contribution >= 4 is 34.7 Å². The second kappa shape index (κ2) is 17.3. The summed E-state index contributed by atoms with van der Waals surface area (Å²) in [6.07, 6.45) is 2.96. The fraction of sp³-hybridized carbons (Fsp3) is 0.407. The minimum atomic E-state index is -1.17. The number of nitrogens with one attached hydrogen (secondary N) is 3. The number of carbonyl (C=O) groups excluding carboxylic acids is 1. The van der Waals surface area contributed by atoms with E-state index in [0.717, 1.165) is 26.1 Å². The third-order valence-electron chi connectivity index (χ3n) is 5.63. The molecule has 0 fully saturated rings. The van der Waals surface area contributed by atoms with Gasteiger partial charge in [0, 0.05) is 60.3 Å². The van der Waals surface area contributed by atoms with Crippen LogP contribution >= 0.6 is 11.6 Å². The topological polar surface area (TPSA) is 171 Å². The van der Waals surface area contributed by atoms with Crippen molar-refractivity contribution in [2.45, 2.75) is 25.9 Å². The highest BCUT2D eigenvalue weighted by Gasteiger charge is 2.13. The number of nitrogens with zero attached hydrogens (tertiary/aromatic N) is 2. The van der Waals surface area contributed by atoms with E-state index in [1.807, 2.05) is 7.05 Å². The van der Waals surface area contributed by atoms with Gasteiger partial charge in [-0.05, 0) is 50.4 Å². The van der Waals surface area contributed by atoms with E-state index in [4.69, 9.17) is 32.9 Å². The maximum absolute atomic E-state index is 14.4. The summed E-state index contributed by atoms with van der Waals surface area (Å²) in [4.78, 5) is 19.0. The number of aliphatic hydroxyl groups excluding tert-OH is 2. The zero-order chi connectivity index (χ0) is 29.5. The van der Waals surface area contributed by atoms with E-state index in [9.17, 15) is 14.3 Å². The number of halogens is 2. The highest BCUT2D eigenvalue weighted by atomic mass is 35.5. The molecule has 0 aliphatic heterocycles. The molecular formula is C27H39ClFN7O4. The second-order valence-electron chi connectivity index (χ2n) is 8.95. The molecule has 1 unspecified atom stereocenters. The molecule has 2 rings (SSSR count). The van der Waals surface area contributed by atoms with Crippen LogP contribution in [0.4, 0.5) is 15.9 Å². The number of likely N-dealkylation sites (N-methyl/N-ethyl adjacent to an activating group) is 1. The number of rotatable bonds is 17. The van der Waals surface area contributed by atoms with Gasteiger partial charge < -0.3 is 47.3 Å². The van der Waals surface area contributed by atoms with Gasteiger partial charge >= 0.3 is 0 Å². The summed E-state index contributed by atoms with van der Waals surface area (Å²) >= 11 is 6.00. The first kappa shape index (κ1) is 32.8. The molecule has 0 spiro atoms. The number of anilines is 2. The quantitative estimate of drug-likeness (QED) is 0.109. The van der Waals surface area contributed by atoms with Crippen LogP contribution in [0.3, 0.4) is 0 Å².